The molecule has 1 heterocycles. The Kier molecular flexibility index (Phi) is 5.45. The smallest absolute Gasteiger partial charge is 0.229 e. The molecule has 6 rings (SSSR count). The molecule has 4 nitrogen and oxygen atoms in total. The lowest BCUT2D eigenvalue weighted by Gasteiger charge is -2.57. The van der Waals surface area contributed by atoms with Crippen molar-refractivity contribution in [2.75, 3.05) is 30.6 Å². The molecule has 5 fully saturated rings. The number of hydrogen-bond donors (Lipinski definition) is 1. The number of nitrogens with zero attached hydrogens (tertiary/aromatic N) is 1. The average Bonchev–Trinajstić information content (AvgIpc) is 2.67. The van der Waals surface area contributed by atoms with Gasteiger partial charge in [-0.1, -0.05) is 26.0 Å². The highest BCUT2D eigenvalue weighted by Crippen LogP contribution is 2.61. The fourth-order valence-corrected chi connectivity index (χ4v) is 8.65. The lowest BCUT2D eigenvalue weighted by atomic mass is 9.49. The first kappa shape index (κ1) is 21.8. The Labute approximate surface area is 189 Å². The second-order valence-electron chi connectivity index (χ2n) is 12.0. The zero-order valence-electron chi connectivity index (χ0n) is 19.6. The fourth-order valence-electron chi connectivity index (χ4n) is 8.09. The second kappa shape index (κ2) is 7.76. The van der Waals surface area contributed by atoms with Gasteiger partial charge in [-0.25, -0.2) is 8.42 Å². The van der Waals surface area contributed by atoms with Gasteiger partial charge < -0.3 is 4.90 Å². The van der Waals surface area contributed by atoms with Gasteiger partial charge in [-0.05, 0) is 117 Å². The van der Waals surface area contributed by atoms with E-state index in [2.05, 4.69) is 29.5 Å². The van der Waals surface area contributed by atoms with Crippen LogP contribution in [0.4, 0.5) is 5.69 Å². The predicted octanol–water partition coefficient (Wildman–Crippen LogP) is 5.26. The van der Waals surface area contributed by atoms with E-state index in [1.165, 1.54) is 63.3 Å². The van der Waals surface area contributed by atoms with Gasteiger partial charge in [0.2, 0.25) is 10.0 Å². The molecule has 0 amide bonds. The van der Waals surface area contributed by atoms with Crippen molar-refractivity contribution in [3.05, 3.63) is 29.8 Å². The third-order valence-electron chi connectivity index (χ3n) is 9.52. The van der Waals surface area contributed by atoms with Gasteiger partial charge in [0.15, 0.2) is 0 Å². The van der Waals surface area contributed by atoms with Crippen molar-refractivity contribution in [3.63, 3.8) is 0 Å². The van der Waals surface area contributed by atoms with Gasteiger partial charge in [-0.2, -0.15) is 0 Å². The van der Waals surface area contributed by atoms with E-state index in [4.69, 9.17) is 0 Å². The van der Waals surface area contributed by atoms with Gasteiger partial charge >= 0.3 is 0 Å². The molecule has 172 valence electrons. The van der Waals surface area contributed by atoms with E-state index >= 15 is 0 Å². The maximum Gasteiger partial charge on any atom is 0.229 e. The maximum absolute atomic E-state index is 11.7. The van der Waals surface area contributed by atoms with Crippen molar-refractivity contribution >= 4 is 15.7 Å². The van der Waals surface area contributed by atoms with Crippen LogP contribution in [0.25, 0.3) is 0 Å². The average molecular weight is 445 g/mol. The van der Waals surface area contributed by atoms with E-state index in [9.17, 15) is 8.42 Å². The molecule has 5 heteroatoms. The molecular weight excluding hydrogens is 404 g/mol. The van der Waals surface area contributed by atoms with Crippen LogP contribution in [0.3, 0.4) is 0 Å². The molecule has 1 aromatic carbocycles. The largest absolute Gasteiger partial charge is 0.303 e. The highest BCUT2D eigenvalue weighted by Gasteiger charge is 2.50. The molecule has 0 spiro atoms. The van der Waals surface area contributed by atoms with Gasteiger partial charge in [0.05, 0.1) is 6.26 Å². The fraction of sp³-hybridized carbons (Fsp3) is 0.769. The summed E-state index contributed by atoms with van der Waals surface area (Å²) in [5.74, 6) is 3.68. The normalized spacial score (nSPS) is 40.2. The Balaban J connectivity index is 1.22. The molecule has 0 aromatic heterocycles. The summed E-state index contributed by atoms with van der Waals surface area (Å²) in [5, 5.41) is 0. The van der Waals surface area contributed by atoms with E-state index in [-0.39, 0.29) is 5.41 Å². The zero-order chi connectivity index (χ0) is 21.9. The molecule has 1 aliphatic heterocycles. The number of nitrogens with one attached hydrogen (secondary N) is 1. The number of benzene rings is 1. The number of anilines is 1. The Morgan fingerprint density at radius 1 is 1.10 bits per heavy atom. The summed E-state index contributed by atoms with van der Waals surface area (Å²) < 4.78 is 26.0. The predicted molar refractivity (Wildman–Crippen MR) is 128 cm³/mol. The number of sulfonamides is 1. The number of rotatable bonds is 6. The summed E-state index contributed by atoms with van der Waals surface area (Å²) >= 11 is 0. The maximum atomic E-state index is 11.7. The van der Waals surface area contributed by atoms with E-state index in [0.717, 1.165) is 37.3 Å². The first-order chi connectivity index (χ1) is 14.6. The van der Waals surface area contributed by atoms with Crippen molar-refractivity contribution < 1.29 is 8.42 Å². The number of likely N-dealkylation sites (tertiary alicyclic amines) is 1. The Bertz CT molecular complexity index is 892. The van der Waals surface area contributed by atoms with Gasteiger partial charge in [-0.3, -0.25) is 4.72 Å². The molecule has 1 aromatic rings. The van der Waals surface area contributed by atoms with Crippen LogP contribution in [-0.4, -0.2) is 39.2 Å². The van der Waals surface area contributed by atoms with Crippen LogP contribution in [0, 0.1) is 29.1 Å². The minimum Gasteiger partial charge on any atom is -0.303 e. The van der Waals surface area contributed by atoms with Crippen LogP contribution in [0.2, 0.25) is 0 Å². The van der Waals surface area contributed by atoms with Crippen molar-refractivity contribution in [3.8, 4) is 0 Å². The van der Waals surface area contributed by atoms with Crippen LogP contribution in [0.1, 0.15) is 70.8 Å². The van der Waals surface area contributed by atoms with E-state index in [1.54, 1.807) is 0 Å². The molecule has 4 saturated carbocycles. The standard InChI is InChI=1S/C26H40N2O2S/c1-19-18-28(10-8-26-15-20-11-21(16-26)13-22(12-20)17-26)9-7-25(19,2)23-5-4-6-24(14-23)27-31(3,29)30/h4-6,14,19-22,27H,7-13,15-18H2,1-3H3. The second-order valence-corrected chi connectivity index (χ2v) is 13.7. The highest BCUT2D eigenvalue weighted by molar-refractivity contribution is 7.92. The molecule has 2 atom stereocenters. The highest BCUT2D eigenvalue weighted by atomic mass is 32.2. The van der Waals surface area contributed by atoms with Crippen LogP contribution >= 0.6 is 0 Å². The summed E-state index contributed by atoms with van der Waals surface area (Å²) in [6.45, 7) is 8.31. The van der Waals surface area contributed by atoms with Gasteiger partial charge in [-0.15, -0.1) is 0 Å². The van der Waals surface area contributed by atoms with Gasteiger partial charge in [0, 0.05) is 12.2 Å². The lowest BCUT2D eigenvalue weighted by molar-refractivity contribution is -0.0630. The summed E-state index contributed by atoms with van der Waals surface area (Å²) in [5.41, 5.74) is 2.70. The van der Waals surface area contributed by atoms with Crippen LogP contribution in [0.15, 0.2) is 24.3 Å². The number of piperidine rings is 1. The van der Waals surface area contributed by atoms with Crippen LogP contribution in [-0.2, 0) is 15.4 Å². The molecule has 5 aliphatic rings. The first-order valence-electron chi connectivity index (χ1n) is 12.4. The van der Waals surface area contributed by atoms with Crippen molar-refractivity contribution in [2.45, 2.75) is 70.6 Å². The summed E-state index contributed by atoms with van der Waals surface area (Å²) in [6.07, 6.45) is 12.9. The summed E-state index contributed by atoms with van der Waals surface area (Å²) in [7, 11) is -3.25. The van der Waals surface area contributed by atoms with Crippen LogP contribution < -0.4 is 4.72 Å². The summed E-state index contributed by atoms with van der Waals surface area (Å²) in [4.78, 5) is 2.73. The SMILES string of the molecule is CC1CN(CCC23CC4CC(CC(C4)C2)C3)CCC1(C)c1cccc(NS(C)(=O)=O)c1. The Morgan fingerprint density at radius 2 is 1.74 bits per heavy atom. The van der Waals surface area contributed by atoms with Crippen molar-refractivity contribution in [1.82, 2.24) is 4.90 Å². The molecule has 1 N–H and O–H groups in total. The Hall–Kier alpha value is -1.07. The van der Waals surface area contributed by atoms with Crippen molar-refractivity contribution in [2.24, 2.45) is 29.1 Å². The molecule has 4 bridgehead atoms. The molecule has 0 radical (unpaired) electrons. The zero-order valence-corrected chi connectivity index (χ0v) is 20.4. The third kappa shape index (κ3) is 4.42. The van der Waals surface area contributed by atoms with Crippen molar-refractivity contribution in [1.29, 1.82) is 0 Å². The van der Waals surface area contributed by atoms with Gasteiger partial charge in [0.1, 0.15) is 0 Å². The number of hydrogen-bond acceptors (Lipinski definition) is 3. The van der Waals surface area contributed by atoms with E-state index < -0.39 is 10.0 Å². The summed E-state index contributed by atoms with van der Waals surface area (Å²) in [6, 6.07) is 8.05. The Morgan fingerprint density at radius 3 is 2.32 bits per heavy atom. The van der Waals surface area contributed by atoms with E-state index in [0.29, 0.717) is 17.0 Å². The molecule has 1 saturated heterocycles. The molecule has 4 aliphatic carbocycles. The lowest BCUT2D eigenvalue weighted by Crippen LogP contribution is -2.50. The monoisotopic (exact) mass is 444 g/mol. The quantitative estimate of drug-likeness (QED) is 0.651. The van der Waals surface area contributed by atoms with Gasteiger partial charge in [0.25, 0.3) is 0 Å². The topological polar surface area (TPSA) is 49.4 Å². The minimum absolute atomic E-state index is 0.0897. The van der Waals surface area contributed by atoms with Crippen LogP contribution in [0.5, 0.6) is 0 Å². The van der Waals surface area contributed by atoms with E-state index in [1.807, 2.05) is 18.2 Å². The molecular formula is C26H40N2O2S. The third-order valence-corrected chi connectivity index (χ3v) is 10.1. The minimum atomic E-state index is -3.25. The molecule has 31 heavy (non-hydrogen) atoms. The first-order valence-corrected chi connectivity index (χ1v) is 14.3. The molecule has 2 unspecified atom stereocenters.